The van der Waals surface area contributed by atoms with Gasteiger partial charge in [0.15, 0.2) is 0 Å². The minimum Gasteiger partial charge on any atom is -0.481 e. The van der Waals surface area contributed by atoms with Gasteiger partial charge in [0.2, 0.25) is 5.91 Å². The van der Waals surface area contributed by atoms with Gasteiger partial charge in [0.1, 0.15) is 0 Å². The summed E-state index contributed by atoms with van der Waals surface area (Å²) < 4.78 is 0.995. The first-order valence-electron chi connectivity index (χ1n) is 5.82. The third kappa shape index (κ3) is 3.32. The summed E-state index contributed by atoms with van der Waals surface area (Å²) in [6, 6.07) is 3.60. The molecule has 0 bridgehead atoms. The number of carbonyl (C=O) groups is 2. The van der Waals surface area contributed by atoms with Crippen molar-refractivity contribution in [2.75, 3.05) is 0 Å². The Hall–Kier alpha value is -0.880. The first kappa shape index (κ1) is 13.5. The maximum Gasteiger partial charge on any atom is 0.308 e. The lowest BCUT2D eigenvalue weighted by Crippen LogP contribution is -2.40. The molecule has 1 fully saturated rings. The molecule has 2 atom stereocenters. The molecule has 1 aromatic heterocycles. The summed E-state index contributed by atoms with van der Waals surface area (Å²) in [4.78, 5) is 23.8. The fourth-order valence-corrected chi connectivity index (χ4v) is 3.77. The second-order valence-corrected chi connectivity index (χ2v) is 6.98. The molecule has 1 aliphatic rings. The molecule has 6 heteroatoms. The van der Waals surface area contributed by atoms with Gasteiger partial charge in [0.05, 0.1) is 16.1 Å². The van der Waals surface area contributed by atoms with E-state index in [-0.39, 0.29) is 11.9 Å². The summed E-state index contributed by atoms with van der Waals surface area (Å²) in [5, 5.41) is 11.9. The smallest absolute Gasteiger partial charge is 0.308 e. The van der Waals surface area contributed by atoms with Crippen molar-refractivity contribution in [1.82, 2.24) is 5.32 Å². The van der Waals surface area contributed by atoms with Gasteiger partial charge in [-0.3, -0.25) is 9.59 Å². The van der Waals surface area contributed by atoms with Crippen LogP contribution in [0.5, 0.6) is 0 Å². The molecule has 4 nitrogen and oxygen atoms in total. The fourth-order valence-electron chi connectivity index (χ4n) is 2.29. The van der Waals surface area contributed by atoms with Gasteiger partial charge in [-0.25, -0.2) is 0 Å². The maximum atomic E-state index is 11.8. The third-order valence-electron chi connectivity index (χ3n) is 3.14. The Labute approximate surface area is 118 Å². The topological polar surface area (TPSA) is 66.4 Å². The minimum absolute atomic E-state index is 0.0949. The first-order chi connectivity index (χ1) is 8.56. The number of thiophene rings is 1. The molecule has 98 valence electrons. The van der Waals surface area contributed by atoms with Crippen molar-refractivity contribution in [3.8, 4) is 0 Å². The largest absolute Gasteiger partial charge is 0.481 e. The van der Waals surface area contributed by atoms with E-state index in [4.69, 9.17) is 5.11 Å². The van der Waals surface area contributed by atoms with Crippen LogP contribution in [0, 0.1) is 5.92 Å². The van der Waals surface area contributed by atoms with Crippen LogP contribution < -0.4 is 5.32 Å². The zero-order valence-electron chi connectivity index (χ0n) is 9.69. The summed E-state index contributed by atoms with van der Waals surface area (Å²) in [5.74, 6) is -1.33. The van der Waals surface area contributed by atoms with Gasteiger partial charge in [-0.2, -0.15) is 0 Å². The number of rotatable bonds is 4. The van der Waals surface area contributed by atoms with Gasteiger partial charge in [-0.1, -0.05) is 6.42 Å². The second-order valence-electron chi connectivity index (χ2n) is 4.43. The van der Waals surface area contributed by atoms with Crippen molar-refractivity contribution in [2.45, 2.75) is 31.7 Å². The van der Waals surface area contributed by atoms with Gasteiger partial charge in [0.25, 0.3) is 0 Å². The van der Waals surface area contributed by atoms with Crippen molar-refractivity contribution in [3.63, 3.8) is 0 Å². The van der Waals surface area contributed by atoms with Crippen LogP contribution >= 0.6 is 27.3 Å². The zero-order chi connectivity index (χ0) is 13.1. The lowest BCUT2D eigenvalue weighted by Gasteiger charge is -2.17. The van der Waals surface area contributed by atoms with Crippen LogP contribution in [0.2, 0.25) is 0 Å². The molecule has 0 spiro atoms. The fraction of sp³-hybridized carbons (Fsp3) is 0.500. The van der Waals surface area contributed by atoms with E-state index in [1.165, 1.54) is 11.3 Å². The molecular weight excluding hydrogens is 318 g/mol. The molecule has 0 radical (unpaired) electrons. The number of aliphatic carboxylic acids is 1. The molecule has 1 heterocycles. The number of hydrogen-bond donors (Lipinski definition) is 2. The Bertz CT molecular complexity index is 460. The first-order valence-corrected chi connectivity index (χ1v) is 7.43. The van der Waals surface area contributed by atoms with Crippen LogP contribution in [0.4, 0.5) is 0 Å². The highest BCUT2D eigenvalue weighted by molar-refractivity contribution is 9.11. The van der Waals surface area contributed by atoms with Gasteiger partial charge in [-0.05, 0) is 40.9 Å². The molecule has 1 aliphatic carbocycles. The van der Waals surface area contributed by atoms with E-state index < -0.39 is 11.9 Å². The molecule has 1 saturated carbocycles. The second kappa shape index (κ2) is 5.84. The lowest BCUT2D eigenvalue weighted by molar-refractivity contribution is -0.142. The number of amides is 1. The maximum absolute atomic E-state index is 11.8. The SMILES string of the molecule is O=C(Cc1ccc(Br)s1)N[C@H]1CCC[C@H]1C(=O)O. The Kier molecular flexibility index (Phi) is 4.40. The molecule has 0 aliphatic heterocycles. The van der Waals surface area contributed by atoms with Crippen molar-refractivity contribution in [1.29, 1.82) is 0 Å². The van der Waals surface area contributed by atoms with Crippen molar-refractivity contribution >= 4 is 39.1 Å². The number of carbonyl (C=O) groups excluding carboxylic acids is 1. The third-order valence-corrected chi connectivity index (χ3v) is 4.77. The zero-order valence-corrected chi connectivity index (χ0v) is 12.1. The predicted octanol–water partition coefficient (Wildman–Crippen LogP) is 2.42. The van der Waals surface area contributed by atoms with E-state index in [0.29, 0.717) is 12.8 Å². The average molecular weight is 332 g/mol. The van der Waals surface area contributed by atoms with Crippen molar-refractivity contribution < 1.29 is 14.7 Å². The van der Waals surface area contributed by atoms with Crippen LogP contribution in [0.15, 0.2) is 15.9 Å². The summed E-state index contributed by atoms with van der Waals surface area (Å²) in [7, 11) is 0. The van der Waals surface area contributed by atoms with E-state index in [9.17, 15) is 9.59 Å². The Morgan fingerprint density at radius 2 is 2.22 bits per heavy atom. The Morgan fingerprint density at radius 1 is 1.44 bits per heavy atom. The predicted molar refractivity (Wildman–Crippen MR) is 72.6 cm³/mol. The molecule has 18 heavy (non-hydrogen) atoms. The lowest BCUT2D eigenvalue weighted by atomic mass is 10.0. The number of carboxylic acid groups (broad SMARTS) is 1. The van der Waals surface area contributed by atoms with Crippen molar-refractivity contribution in [2.24, 2.45) is 5.92 Å². The Balaban J connectivity index is 1.89. The normalized spacial score (nSPS) is 22.9. The standard InChI is InChI=1S/C12H14BrNO3S/c13-10-5-4-7(18-10)6-11(15)14-9-3-1-2-8(9)12(16)17/h4-5,8-9H,1-3,6H2,(H,14,15)(H,16,17)/t8-,9+/m1/s1. The molecule has 2 N–H and O–H groups in total. The summed E-state index contributed by atoms with van der Waals surface area (Å²) in [6.45, 7) is 0. The van der Waals surface area contributed by atoms with Gasteiger partial charge < -0.3 is 10.4 Å². The number of hydrogen-bond acceptors (Lipinski definition) is 3. The van der Waals surface area contributed by atoms with E-state index >= 15 is 0 Å². The van der Waals surface area contributed by atoms with Gasteiger partial charge >= 0.3 is 5.97 Å². The molecular formula is C12H14BrNO3S. The van der Waals surface area contributed by atoms with Crippen LogP contribution in [-0.4, -0.2) is 23.0 Å². The highest BCUT2D eigenvalue weighted by Crippen LogP contribution is 2.26. The van der Waals surface area contributed by atoms with E-state index in [1.54, 1.807) is 0 Å². The van der Waals surface area contributed by atoms with Gasteiger partial charge in [0, 0.05) is 10.9 Å². The van der Waals surface area contributed by atoms with Gasteiger partial charge in [-0.15, -0.1) is 11.3 Å². The summed E-state index contributed by atoms with van der Waals surface area (Å²) in [5.41, 5.74) is 0. The van der Waals surface area contributed by atoms with E-state index in [0.717, 1.165) is 21.5 Å². The van der Waals surface area contributed by atoms with E-state index in [2.05, 4.69) is 21.2 Å². The molecule has 1 amide bonds. The van der Waals surface area contributed by atoms with E-state index in [1.807, 2.05) is 12.1 Å². The highest BCUT2D eigenvalue weighted by Gasteiger charge is 2.33. The monoisotopic (exact) mass is 331 g/mol. The minimum atomic E-state index is -0.809. The quantitative estimate of drug-likeness (QED) is 0.890. The Morgan fingerprint density at radius 3 is 2.83 bits per heavy atom. The van der Waals surface area contributed by atoms with Crippen molar-refractivity contribution in [3.05, 3.63) is 20.8 Å². The molecule has 0 saturated heterocycles. The number of halogens is 1. The number of carboxylic acids is 1. The molecule has 1 aromatic rings. The van der Waals surface area contributed by atoms with Crippen LogP contribution in [0.3, 0.4) is 0 Å². The van der Waals surface area contributed by atoms with Crippen LogP contribution in [0.1, 0.15) is 24.1 Å². The molecule has 0 aromatic carbocycles. The van der Waals surface area contributed by atoms with Crippen LogP contribution in [-0.2, 0) is 16.0 Å². The molecule has 2 rings (SSSR count). The average Bonchev–Trinajstić information content (AvgIpc) is 2.87. The highest BCUT2D eigenvalue weighted by atomic mass is 79.9. The van der Waals surface area contributed by atoms with Crippen LogP contribution in [0.25, 0.3) is 0 Å². The number of nitrogens with one attached hydrogen (secondary N) is 1. The summed E-state index contributed by atoms with van der Waals surface area (Å²) in [6.07, 6.45) is 2.60. The molecule has 0 unspecified atom stereocenters. The summed E-state index contributed by atoms with van der Waals surface area (Å²) >= 11 is 4.87.